The quantitative estimate of drug-likeness (QED) is 0.388. The van der Waals surface area contributed by atoms with E-state index in [4.69, 9.17) is 13.9 Å². The Balaban J connectivity index is 1.37. The molecule has 0 saturated heterocycles. The fraction of sp³-hybridized carbons (Fsp3) is 0.444. The summed E-state index contributed by atoms with van der Waals surface area (Å²) in [5.74, 6) is 0.925. The number of hydrogen-bond acceptors (Lipinski definition) is 7. The molecule has 0 spiro atoms. The Hall–Kier alpha value is -2.72. The van der Waals surface area contributed by atoms with Crippen LogP contribution in [0.25, 0.3) is 0 Å². The van der Waals surface area contributed by atoms with Gasteiger partial charge in [0.15, 0.2) is 0 Å². The van der Waals surface area contributed by atoms with Crippen molar-refractivity contribution in [1.82, 2.24) is 9.80 Å². The molecule has 0 bridgehead atoms. The highest BCUT2D eigenvalue weighted by Crippen LogP contribution is 2.34. The summed E-state index contributed by atoms with van der Waals surface area (Å²) >= 11 is 1.69. The molecule has 2 aromatic heterocycles. The first-order chi connectivity index (χ1) is 17.4. The van der Waals surface area contributed by atoms with Gasteiger partial charge in [0.2, 0.25) is 5.91 Å². The van der Waals surface area contributed by atoms with Crippen LogP contribution in [0, 0.1) is 5.82 Å². The van der Waals surface area contributed by atoms with Gasteiger partial charge in [0, 0.05) is 24.0 Å². The van der Waals surface area contributed by atoms with Gasteiger partial charge >= 0.3 is 0 Å². The number of benzene rings is 1. The third-order valence-corrected chi connectivity index (χ3v) is 7.28. The average molecular weight is 517 g/mol. The van der Waals surface area contributed by atoms with Gasteiger partial charge in [-0.2, -0.15) is 0 Å². The van der Waals surface area contributed by atoms with Crippen molar-refractivity contribution >= 4 is 17.2 Å². The molecule has 0 fully saturated rings. The van der Waals surface area contributed by atoms with Crippen molar-refractivity contribution in [3.63, 3.8) is 0 Å². The van der Waals surface area contributed by atoms with E-state index in [1.54, 1.807) is 35.8 Å². The molecule has 7 nitrogen and oxygen atoms in total. The molecule has 3 aromatic rings. The van der Waals surface area contributed by atoms with Gasteiger partial charge in [0.25, 0.3) is 0 Å². The summed E-state index contributed by atoms with van der Waals surface area (Å²) in [6.07, 6.45) is 1.65. The highest BCUT2D eigenvalue weighted by atomic mass is 32.1. The minimum Gasteiger partial charge on any atom is -0.491 e. The molecule has 4 rings (SSSR count). The highest BCUT2D eigenvalue weighted by molar-refractivity contribution is 7.10. The van der Waals surface area contributed by atoms with Crippen LogP contribution in [-0.2, 0) is 22.6 Å². The van der Waals surface area contributed by atoms with Crippen molar-refractivity contribution in [3.8, 4) is 5.75 Å². The Bertz CT molecular complexity index is 1090. The molecule has 1 N–H and O–H groups in total. The Morgan fingerprint density at radius 3 is 2.81 bits per heavy atom. The second kappa shape index (κ2) is 12.5. The van der Waals surface area contributed by atoms with E-state index < -0.39 is 6.10 Å². The van der Waals surface area contributed by atoms with E-state index in [9.17, 15) is 14.3 Å². The van der Waals surface area contributed by atoms with E-state index >= 15 is 0 Å². The monoisotopic (exact) mass is 516 g/mol. The molecule has 36 heavy (non-hydrogen) atoms. The van der Waals surface area contributed by atoms with E-state index in [2.05, 4.69) is 6.07 Å². The number of ether oxygens (including phenoxy) is 2. The summed E-state index contributed by atoms with van der Waals surface area (Å²) in [7, 11) is 0. The van der Waals surface area contributed by atoms with Crippen LogP contribution in [0.1, 0.15) is 36.1 Å². The third kappa shape index (κ3) is 6.94. The lowest BCUT2D eigenvalue weighted by Gasteiger charge is -2.38. The number of fused-ring (bicyclic) bond motifs is 1. The summed E-state index contributed by atoms with van der Waals surface area (Å²) in [6, 6.07) is 11.4. The molecule has 1 aliphatic rings. The molecule has 9 heteroatoms. The van der Waals surface area contributed by atoms with E-state index in [1.807, 2.05) is 35.1 Å². The van der Waals surface area contributed by atoms with Crippen molar-refractivity contribution in [1.29, 1.82) is 0 Å². The number of hydrogen-bond donors (Lipinski definition) is 1. The SMILES string of the molecule is CC(C)N(CC(=O)N1CCc2sccc2[C@H]1COc1ccc(F)cc1)C[C@@H](O)COCc1ccco1. The normalized spacial score (nSPS) is 16.4. The molecular weight excluding hydrogens is 483 g/mol. The van der Waals surface area contributed by atoms with Crippen molar-refractivity contribution in [2.24, 2.45) is 0 Å². The van der Waals surface area contributed by atoms with Gasteiger partial charge < -0.3 is 23.9 Å². The molecule has 194 valence electrons. The molecule has 0 unspecified atom stereocenters. The summed E-state index contributed by atoms with van der Waals surface area (Å²) in [4.78, 5) is 18.6. The zero-order valence-corrected chi connectivity index (χ0v) is 21.5. The number of aliphatic hydroxyl groups excluding tert-OH is 1. The van der Waals surface area contributed by atoms with Gasteiger partial charge in [-0.25, -0.2) is 4.39 Å². The summed E-state index contributed by atoms with van der Waals surface area (Å²) < 4.78 is 30.0. The van der Waals surface area contributed by atoms with Crippen LogP contribution in [0.2, 0.25) is 0 Å². The zero-order chi connectivity index (χ0) is 25.5. The number of carbonyl (C=O) groups excluding carboxylic acids is 1. The van der Waals surface area contributed by atoms with Crippen molar-refractivity contribution in [2.75, 3.05) is 32.8 Å². The second-order valence-corrected chi connectivity index (χ2v) is 10.2. The van der Waals surface area contributed by atoms with Gasteiger partial charge in [0.1, 0.15) is 30.5 Å². The number of carbonyl (C=O) groups is 1. The maximum Gasteiger partial charge on any atom is 0.237 e. The largest absolute Gasteiger partial charge is 0.491 e. The molecule has 1 amide bonds. The van der Waals surface area contributed by atoms with E-state index in [0.717, 1.165) is 12.0 Å². The Labute approximate surface area is 215 Å². The number of thiophene rings is 1. The second-order valence-electron chi connectivity index (χ2n) is 9.19. The number of halogens is 1. The number of nitrogens with zero attached hydrogens (tertiary/aromatic N) is 2. The maximum atomic E-state index is 13.5. The molecule has 2 atom stereocenters. The summed E-state index contributed by atoms with van der Waals surface area (Å²) in [6.45, 7) is 5.83. The van der Waals surface area contributed by atoms with Crippen LogP contribution in [0.15, 0.2) is 58.5 Å². The van der Waals surface area contributed by atoms with Crippen molar-refractivity contribution in [2.45, 2.75) is 45.1 Å². The smallest absolute Gasteiger partial charge is 0.237 e. The van der Waals surface area contributed by atoms with Crippen LogP contribution in [-0.4, -0.2) is 65.8 Å². The fourth-order valence-electron chi connectivity index (χ4n) is 4.32. The van der Waals surface area contributed by atoms with E-state index in [1.165, 1.54) is 17.0 Å². The van der Waals surface area contributed by atoms with Gasteiger partial charge in [-0.05, 0) is 73.7 Å². The van der Waals surface area contributed by atoms with Crippen LogP contribution < -0.4 is 4.74 Å². The van der Waals surface area contributed by atoms with Crippen molar-refractivity contribution < 1.29 is 28.2 Å². The summed E-state index contributed by atoms with van der Waals surface area (Å²) in [5, 5.41) is 12.6. The van der Waals surface area contributed by atoms with Crippen LogP contribution >= 0.6 is 11.3 Å². The van der Waals surface area contributed by atoms with Crippen molar-refractivity contribution in [3.05, 3.63) is 76.1 Å². The molecule has 0 saturated carbocycles. The molecule has 1 aromatic carbocycles. The number of furan rings is 1. The van der Waals surface area contributed by atoms with Crippen LogP contribution in [0.4, 0.5) is 4.39 Å². The highest BCUT2D eigenvalue weighted by Gasteiger charge is 2.33. The minimum atomic E-state index is -0.738. The first kappa shape index (κ1) is 26.3. The number of rotatable bonds is 12. The maximum absolute atomic E-state index is 13.5. The predicted octanol–water partition coefficient (Wildman–Crippen LogP) is 4.27. The molecule has 0 aliphatic carbocycles. The lowest BCUT2D eigenvalue weighted by Crippen LogP contribution is -2.49. The Morgan fingerprint density at radius 2 is 2.08 bits per heavy atom. The minimum absolute atomic E-state index is 0.0167. The first-order valence-electron chi connectivity index (χ1n) is 12.2. The Kier molecular flexibility index (Phi) is 9.14. The van der Waals surface area contributed by atoms with Gasteiger partial charge in [0.05, 0.1) is 31.6 Å². The first-order valence-corrected chi connectivity index (χ1v) is 13.0. The molecular formula is C27H33FN2O5S. The van der Waals surface area contributed by atoms with Gasteiger partial charge in [-0.3, -0.25) is 9.69 Å². The molecule has 1 aliphatic heterocycles. The predicted molar refractivity (Wildman–Crippen MR) is 135 cm³/mol. The number of aliphatic hydroxyl groups is 1. The summed E-state index contributed by atoms with van der Waals surface area (Å²) in [5.41, 5.74) is 1.10. The van der Waals surface area contributed by atoms with E-state index in [-0.39, 0.29) is 50.2 Å². The van der Waals surface area contributed by atoms with Crippen LogP contribution in [0.3, 0.4) is 0 Å². The molecule has 3 heterocycles. The van der Waals surface area contributed by atoms with Gasteiger partial charge in [-0.15, -0.1) is 11.3 Å². The Morgan fingerprint density at radius 1 is 1.28 bits per heavy atom. The third-order valence-electron chi connectivity index (χ3n) is 6.29. The zero-order valence-electron chi connectivity index (χ0n) is 20.6. The van der Waals surface area contributed by atoms with Crippen LogP contribution in [0.5, 0.6) is 5.75 Å². The standard InChI is InChI=1S/C27H33FN2O5S/c1-19(2)29(14-21(31)16-33-17-23-4-3-12-34-23)15-27(32)30-11-9-26-24(10-13-36-26)25(30)18-35-22-7-5-20(28)6-8-22/h3-8,10,12-13,19,21,25,31H,9,11,14-18H2,1-2H3/t21-,25-/m1/s1. The van der Waals surface area contributed by atoms with Gasteiger partial charge in [-0.1, -0.05) is 0 Å². The lowest BCUT2D eigenvalue weighted by atomic mass is 10.00. The van der Waals surface area contributed by atoms with E-state index in [0.29, 0.717) is 24.6 Å². The fourth-order valence-corrected chi connectivity index (χ4v) is 5.24. The molecule has 0 radical (unpaired) electrons. The topological polar surface area (TPSA) is 75.4 Å². The average Bonchev–Trinajstić information content (AvgIpc) is 3.55. The lowest BCUT2D eigenvalue weighted by molar-refractivity contribution is -0.137. The number of amides is 1.